The summed E-state index contributed by atoms with van der Waals surface area (Å²) in [6, 6.07) is 3.38. The summed E-state index contributed by atoms with van der Waals surface area (Å²) >= 11 is 0. The number of nitrogens with zero attached hydrogens (tertiary/aromatic N) is 4. The van der Waals surface area contributed by atoms with Gasteiger partial charge in [0.1, 0.15) is 0 Å². The first kappa shape index (κ1) is 13.2. The van der Waals surface area contributed by atoms with Gasteiger partial charge < -0.3 is 0 Å². The standard InChI is InChI=1S/C11H9F3N4O/c1-6-3-4-7(5-8(6)11(12,13)14)9(19)10-15-16-17-18(10)2/h3-5H,1-2H3. The van der Waals surface area contributed by atoms with Crippen molar-refractivity contribution in [3.05, 3.63) is 40.7 Å². The fraction of sp³-hybridized carbons (Fsp3) is 0.273. The Hall–Kier alpha value is -2.25. The Morgan fingerprint density at radius 2 is 2.00 bits per heavy atom. The molecule has 1 heterocycles. The van der Waals surface area contributed by atoms with Gasteiger partial charge in [0.25, 0.3) is 0 Å². The molecule has 0 atom stereocenters. The third kappa shape index (κ3) is 2.47. The van der Waals surface area contributed by atoms with E-state index < -0.39 is 17.5 Å². The number of carbonyl (C=O) groups is 1. The molecule has 0 N–H and O–H groups in total. The SMILES string of the molecule is Cc1ccc(C(=O)c2nnnn2C)cc1C(F)(F)F. The van der Waals surface area contributed by atoms with E-state index in [9.17, 15) is 18.0 Å². The molecule has 0 radical (unpaired) electrons. The molecule has 19 heavy (non-hydrogen) atoms. The fourth-order valence-corrected chi connectivity index (χ4v) is 1.62. The molecule has 5 nitrogen and oxygen atoms in total. The van der Waals surface area contributed by atoms with Gasteiger partial charge >= 0.3 is 6.18 Å². The maximum Gasteiger partial charge on any atom is 0.416 e. The number of benzene rings is 1. The number of hydrogen-bond donors (Lipinski definition) is 0. The first-order chi connectivity index (χ1) is 8.80. The van der Waals surface area contributed by atoms with Crippen molar-refractivity contribution in [3.63, 3.8) is 0 Å². The molecule has 2 aromatic rings. The minimum atomic E-state index is -4.50. The predicted octanol–water partition coefficient (Wildman–Crippen LogP) is 1.77. The molecule has 1 aromatic heterocycles. The summed E-state index contributed by atoms with van der Waals surface area (Å²) in [5.74, 6) is -0.769. The lowest BCUT2D eigenvalue weighted by molar-refractivity contribution is -0.138. The van der Waals surface area contributed by atoms with Gasteiger partial charge in [0.2, 0.25) is 11.6 Å². The molecule has 2 rings (SSSR count). The van der Waals surface area contributed by atoms with Gasteiger partial charge in [-0.25, -0.2) is 4.68 Å². The molecule has 0 aliphatic heterocycles. The second-order valence-corrected chi connectivity index (χ2v) is 3.98. The van der Waals surface area contributed by atoms with Gasteiger partial charge in [-0.1, -0.05) is 12.1 Å². The van der Waals surface area contributed by atoms with Gasteiger partial charge in [-0.2, -0.15) is 13.2 Å². The first-order valence-corrected chi connectivity index (χ1v) is 5.25. The van der Waals surface area contributed by atoms with E-state index in [1.54, 1.807) is 0 Å². The molecule has 8 heteroatoms. The van der Waals surface area contributed by atoms with E-state index in [2.05, 4.69) is 15.5 Å². The van der Waals surface area contributed by atoms with E-state index in [1.807, 2.05) is 0 Å². The van der Waals surface area contributed by atoms with E-state index in [-0.39, 0.29) is 17.0 Å². The highest BCUT2D eigenvalue weighted by atomic mass is 19.4. The Labute approximate surface area is 106 Å². The normalized spacial score (nSPS) is 11.6. The maximum absolute atomic E-state index is 12.8. The fourth-order valence-electron chi connectivity index (χ4n) is 1.62. The van der Waals surface area contributed by atoms with Gasteiger partial charge in [0.15, 0.2) is 0 Å². The molecular formula is C11H9F3N4O. The number of tetrazole rings is 1. The van der Waals surface area contributed by atoms with Gasteiger partial charge in [-0.15, -0.1) is 5.10 Å². The minimum absolute atomic E-state index is 0.0557. The van der Waals surface area contributed by atoms with Crippen LogP contribution in [0.3, 0.4) is 0 Å². The van der Waals surface area contributed by atoms with Crippen molar-refractivity contribution in [1.29, 1.82) is 0 Å². The second kappa shape index (κ2) is 4.45. The zero-order valence-electron chi connectivity index (χ0n) is 10.1. The summed E-state index contributed by atoms with van der Waals surface area (Å²) in [6.07, 6.45) is -4.50. The molecule has 1 aromatic carbocycles. The lowest BCUT2D eigenvalue weighted by Gasteiger charge is -2.11. The number of hydrogen-bond acceptors (Lipinski definition) is 4. The topological polar surface area (TPSA) is 60.7 Å². The third-order valence-corrected chi connectivity index (χ3v) is 2.63. The average molecular weight is 270 g/mol. The van der Waals surface area contributed by atoms with Crippen LogP contribution in [0.4, 0.5) is 13.2 Å². The van der Waals surface area contributed by atoms with Gasteiger partial charge in [0.05, 0.1) is 5.56 Å². The highest BCUT2D eigenvalue weighted by Crippen LogP contribution is 2.32. The third-order valence-electron chi connectivity index (χ3n) is 2.63. The number of rotatable bonds is 2. The Balaban J connectivity index is 2.48. The first-order valence-electron chi connectivity index (χ1n) is 5.25. The van der Waals surface area contributed by atoms with E-state index in [0.717, 1.165) is 10.7 Å². The smallest absolute Gasteiger partial charge is 0.285 e. The number of halogens is 3. The van der Waals surface area contributed by atoms with Crippen LogP contribution in [0.2, 0.25) is 0 Å². The Morgan fingerprint density at radius 1 is 1.32 bits per heavy atom. The molecule has 0 spiro atoms. The van der Waals surface area contributed by atoms with Crippen LogP contribution in [0.25, 0.3) is 0 Å². The van der Waals surface area contributed by atoms with Gasteiger partial charge in [-0.3, -0.25) is 4.79 Å². The molecule has 0 fully saturated rings. The summed E-state index contributed by atoms with van der Waals surface area (Å²) in [7, 11) is 1.44. The van der Waals surface area contributed by atoms with Crippen molar-refractivity contribution in [3.8, 4) is 0 Å². The molecular weight excluding hydrogens is 261 g/mol. The van der Waals surface area contributed by atoms with Crippen LogP contribution in [-0.2, 0) is 13.2 Å². The maximum atomic E-state index is 12.8. The Bertz CT molecular complexity index is 633. The summed E-state index contributed by atoms with van der Waals surface area (Å²) in [5.41, 5.74) is -0.885. The van der Waals surface area contributed by atoms with Crippen LogP contribution in [0, 0.1) is 6.92 Å². The van der Waals surface area contributed by atoms with Crippen molar-refractivity contribution in [1.82, 2.24) is 20.2 Å². The Morgan fingerprint density at radius 3 is 2.53 bits per heavy atom. The van der Waals surface area contributed by atoms with E-state index >= 15 is 0 Å². The lowest BCUT2D eigenvalue weighted by Crippen LogP contribution is -2.13. The molecule has 0 saturated carbocycles. The van der Waals surface area contributed by atoms with Crippen molar-refractivity contribution >= 4 is 5.78 Å². The quantitative estimate of drug-likeness (QED) is 0.780. The summed E-state index contributed by atoms with van der Waals surface area (Å²) in [5, 5.41) is 10.2. The van der Waals surface area contributed by atoms with Crippen LogP contribution >= 0.6 is 0 Å². The Kier molecular flexibility index (Phi) is 3.09. The summed E-state index contributed by atoms with van der Waals surface area (Å²) in [4.78, 5) is 12.0. The van der Waals surface area contributed by atoms with E-state index in [4.69, 9.17) is 0 Å². The molecule has 0 unspecified atom stereocenters. The van der Waals surface area contributed by atoms with Crippen molar-refractivity contribution < 1.29 is 18.0 Å². The highest BCUT2D eigenvalue weighted by Gasteiger charge is 2.33. The predicted molar refractivity (Wildman–Crippen MR) is 58.4 cm³/mol. The minimum Gasteiger partial charge on any atom is -0.285 e. The van der Waals surface area contributed by atoms with Crippen LogP contribution in [0.1, 0.15) is 27.3 Å². The largest absolute Gasteiger partial charge is 0.416 e. The number of aromatic nitrogens is 4. The van der Waals surface area contributed by atoms with Crippen LogP contribution in [-0.4, -0.2) is 26.0 Å². The number of alkyl halides is 3. The molecule has 0 aliphatic carbocycles. The van der Waals surface area contributed by atoms with Gasteiger partial charge in [0, 0.05) is 12.6 Å². The molecule has 0 aliphatic rings. The second-order valence-electron chi connectivity index (χ2n) is 3.98. The monoisotopic (exact) mass is 270 g/mol. The molecule has 0 saturated heterocycles. The molecule has 100 valence electrons. The zero-order chi connectivity index (χ0) is 14.2. The molecule has 0 bridgehead atoms. The number of carbonyl (C=O) groups excluding carboxylic acids is 1. The summed E-state index contributed by atoms with van der Waals surface area (Å²) < 4.78 is 39.4. The van der Waals surface area contributed by atoms with E-state index in [0.29, 0.717) is 0 Å². The van der Waals surface area contributed by atoms with Gasteiger partial charge in [-0.05, 0) is 29.0 Å². The summed E-state index contributed by atoms with van der Waals surface area (Å²) in [6.45, 7) is 1.33. The van der Waals surface area contributed by atoms with Crippen molar-refractivity contribution in [2.24, 2.45) is 7.05 Å². The average Bonchev–Trinajstić information content (AvgIpc) is 2.73. The van der Waals surface area contributed by atoms with E-state index in [1.165, 1.54) is 26.1 Å². The zero-order valence-corrected chi connectivity index (χ0v) is 10.1. The highest BCUT2D eigenvalue weighted by molar-refractivity contribution is 6.06. The van der Waals surface area contributed by atoms with Crippen LogP contribution < -0.4 is 0 Å². The lowest BCUT2D eigenvalue weighted by atomic mass is 10.0. The van der Waals surface area contributed by atoms with Crippen LogP contribution in [0.15, 0.2) is 18.2 Å². The number of ketones is 1. The number of aryl methyl sites for hydroxylation is 2. The van der Waals surface area contributed by atoms with Crippen molar-refractivity contribution in [2.45, 2.75) is 13.1 Å². The van der Waals surface area contributed by atoms with Crippen molar-refractivity contribution in [2.75, 3.05) is 0 Å². The molecule has 0 amide bonds. The van der Waals surface area contributed by atoms with Crippen LogP contribution in [0.5, 0.6) is 0 Å².